The summed E-state index contributed by atoms with van der Waals surface area (Å²) in [5, 5.41) is 0. The third kappa shape index (κ3) is 2.18. The van der Waals surface area contributed by atoms with Gasteiger partial charge in [-0.2, -0.15) is 0 Å². The first-order valence-electron chi connectivity index (χ1n) is 4.98. The van der Waals surface area contributed by atoms with Gasteiger partial charge in [0.1, 0.15) is 0 Å². The first-order chi connectivity index (χ1) is 6.34. The largest absolute Gasteiger partial charge is 0.258 e. The first-order valence-corrected chi connectivity index (χ1v) is 4.98. The predicted octanol–water partition coefficient (Wildman–Crippen LogP) is 3.64. The number of nitrogens with zero attached hydrogens (tertiary/aromatic N) is 1. The van der Waals surface area contributed by atoms with Crippen molar-refractivity contribution in [2.45, 2.75) is 32.6 Å². The second kappa shape index (κ2) is 3.73. The zero-order valence-corrected chi connectivity index (χ0v) is 8.09. The molecule has 1 saturated carbocycles. The molecular weight excluding hydrogens is 158 g/mol. The van der Waals surface area contributed by atoms with Gasteiger partial charge in [0, 0.05) is 5.71 Å². The van der Waals surface area contributed by atoms with E-state index >= 15 is 0 Å². The third-order valence-electron chi connectivity index (χ3n) is 2.47. The highest BCUT2D eigenvalue weighted by Crippen LogP contribution is 2.20. The molecule has 1 aromatic rings. The van der Waals surface area contributed by atoms with Crippen LogP contribution in [-0.2, 0) is 0 Å². The maximum absolute atomic E-state index is 4.64. The topological polar surface area (TPSA) is 12.4 Å². The zero-order chi connectivity index (χ0) is 9.10. The van der Waals surface area contributed by atoms with Crippen LogP contribution in [0.1, 0.15) is 31.2 Å². The van der Waals surface area contributed by atoms with Crippen molar-refractivity contribution in [3.8, 4) is 0 Å². The van der Waals surface area contributed by atoms with Crippen LogP contribution in [0.4, 0.5) is 5.69 Å². The number of rotatable bonds is 1. The fourth-order valence-electron chi connectivity index (χ4n) is 1.78. The van der Waals surface area contributed by atoms with Crippen molar-refractivity contribution in [2.24, 2.45) is 4.99 Å². The molecule has 0 aliphatic heterocycles. The summed E-state index contributed by atoms with van der Waals surface area (Å²) in [6.07, 6.45) is 5.05. The van der Waals surface area contributed by atoms with Crippen molar-refractivity contribution in [3.63, 3.8) is 0 Å². The van der Waals surface area contributed by atoms with Crippen molar-refractivity contribution in [2.75, 3.05) is 0 Å². The number of hydrogen-bond acceptors (Lipinski definition) is 1. The molecule has 0 bridgehead atoms. The van der Waals surface area contributed by atoms with E-state index in [0.717, 1.165) is 5.69 Å². The zero-order valence-electron chi connectivity index (χ0n) is 8.09. The molecule has 13 heavy (non-hydrogen) atoms. The molecule has 0 saturated heterocycles. The van der Waals surface area contributed by atoms with Gasteiger partial charge in [0.05, 0.1) is 5.69 Å². The maximum atomic E-state index is 4.64. The Morgan fingerprint density at radius 3 is 2.62 bits per heavy atom. The van der Waals surface area contributed by atoms with Crippen molar-refractivity contribution < 1.29 is 0 Å². The smallest absolute Gasteiger partial charge is 0.0631 e. The molecule has 0 spiro atoms. The van der Waals surface area contributed by atoms with Crippen LogP contribution in [0.3, 0.4) is 0 Å². The van der Waals surface area contributed by atoms with Crippen LogP contribution in [0.15, 0.2) is 29.3 Å². The Hall–Kier alpha value is -1.11. The lowest BCUT2D eigenvalue weighted by Crippen LogP contribution is -1.86. The summed E-state index contributed by atoms with van der Waals surface area (Å²) in [5.41, 5.74) is 3.79. The van der Waals surface area contributed by atoms with Gasteiger partial charge in [-0.15, -0.1) is 0 Å². The van der Waals surface area contributed by atoms with E-state index in [1.807, 2.05) is 0 Å². The molecule has 68 valence electrons. The van der Waals surface area contributed by atoms with Gasteiger partial charge in [-0.3, -0.25) is 4.99 Å². The quantitative estimate of drug-likeness (QED) is 0.614. The maximum Gasteiger partial charge on any atom is 0.0631 e. The van der Waals surface area contributed by atoms with Crippen molar-refractivity contribution in [1.29, 1.82) is 0 Å². The summed E-state index contributed by atoms with van der Waals surface area (Å²) < 4.78 is 0. The van der Waals surface area contributed by atoms with Gasteiger partial charge in [0.25, 0.3) is 0 Å². The van der Waals surface area contributed by atoms with E-state index in [1.165, 1.54) is 37.0 Å². The lowest BCUT2D eigenvalue weighted by molar-refractivity contribution is 0.886. The average Bonchev–Trinajstić information content (AvgIpc) is 2.57. The molecule has 1 aromatic carbocycles. The van der Waals surface area contributed by atoms with Crippen LogP contribution < -0.4 is 0 Å². The first kappa shape index (κ1) is 8.49. The van der Waals surface area contributed by atoms with E-state index in [9.17, 15) is 0 Å². The van der Waals surface area contributed by atoms with Crippen molar-refractivity contribution >= 4 is 11.4 Å². The standard InChI is InChI=1S/C12H15N/c1-10-5-4-8-12(9-10)13-11-6-2-3-7-11/h4-5,8-9H,2-3,6-7H2,1H3. The fourth-order valence-corrected chi connectivity index (χ4v) is 1.78. The van der Waals surface area contributed by atoms with Crippen LogP contribution in [0, 0.1) is 6.92 Å². The van der Waals surface area contributed by atoms with Gasteiger partial charge < -0.3 is 0 Å². The highest BCUT2D eigenvalue weighted by atomic mass is 14.7. The average molecular weight is 173 g/mol. The number of aliphatic imine (C=N–C) groups is 1. The monoisotopic (exact) mass is 173 g/mol. The summed E-state index contributed by atoms with van der Waals surface area (Å²) in [6.45, 7) is 2.11. The minimum Gasteiger partial charge on any atom is -0.258 e. The lowest BCUT2D eigenvalue weighted by atomic mass is 10.2. The summed E-state index contributed by atoms with van der Waals surface area (Å²) in [5.74, 6) is 0. The molecule has 0 radical (unpaired) electrons. The summed E-state index contributed by atoms with van der Waals surface area (Å²) in [7, 11) is 0. The second-order valence-corrected chi connectivity index (χ2v) is 3.72. The molecule has 0 heterocycles. The molecule has 0 amide bonds. The van der Waals surface area contributed by atoms with Crippen LogP contribution in [0.5, 0.6) is 0 Å². The lowest BCUT2D eigenvalue weighted by Gasteiger charge is -1.97. The van der Waals surface area contributed by atoms with Gasteiger partial charge in [0.2, 0.25) is 0 Å². The van der Waals surface area contributed by atoms with Crippen molar-refractivity contribution in [3.05, 3.63) is 29.8 Å². The molecule has 2 rings (SSSR count). The van der Waals surface area contributed by atoms with Gasteiger partial charge in [-0.25, -0.2) is 0 Å². The molecule has 1 aliphatic rings. The minimum absolute atomic E-state index is 1.12. The van der Waals surface area contributed by atoms with Crippen LogP contribution >= 0.6 is 0 Å². The highest BCUT2D eigenvalue weighted by molar-refractivity contribution is 5.88. The van der Waals surface area contributed by atoms with Gasteiger partial charge in [-0.1, -0.05) is 12.1 Å². The molecule has 1 nitrogen and oxygen atoms in total. The summed E-state index contributed by atoms with van der Waals surface area (Å²) in [6, 6.07) is 8.41. The third-order valence-corrected chi connectivity index (χ3v) is 2.47. The predicted molar refractivity (Wildman–Crippen MR) is 56.7 cm³/mol. The number of aryl methyl sites for hydroxylation is 1. The van der Waals surface area contributed by atoms with Crippen LogP contribution in [0.25, 0.3) is 0 Å². The molecular formula is C12H15N. The van der Waals surface area contributed by atoms with E-state index in [1.54, 1.807) is 0 Å². The highest BCUT2D eigenvalue weighted by Gasteiger charge is 2.07. The minimum atomic E-state index is 1.12. The van der Waals surface area contributed by atoms with Crippen LogP contribution in [-0.4, -0.2) is 5.71 Å². The molecule has 1 heteroatoms. The Labute approximate surface area is 79.5 Å². The molecule has 0 N–H and O–H groups in total. The SMILES string of the molecule is Cc1cccc(N=C2CCCC2)c1. The normalized spacial score (nSPS) is 16.2. The summed E-state index contributed by atoms with van der Waals surface area (Å²) >= 11 is 0. The van der Waals surface area contributed by atoms with E-state index in [2.05, 4.69) is 36.2 Å². The molecule has 1 fully saturated rings. The molecule has 0 aromatic heterocycles. The van der Waals surface area contributed by atoms with E-state index < -0.39 is 0 Å². The Balaban J connectivity index is 2.21. The van der Waals surface area contributed by atoms with Gasteiger partial charge in [-0.05, 0) is 50.3 Å². The van der Waals surface area contributed by atoms with E-state index in [0.29, 0.717) is 0 Å². The van der Waals surface area contributed by atoms with Crippen molar-refractivity contribution in [1.82, 2.24) is 0 Å². The van der Waals surface area contributed by atoms with E-state index in [4.69, 9.17) is 0 Å². The second-order valence-electron chi connectivity index (χ2n) is 3.72. The van der Waals surface area contributed by atoms with Gasteiger partial charge >= 0.3 is 0 Å². The Morgan fingerprint density at radius 2 is 1.92 bits per heavy atom. The van der Waals surface area contributed by atoms with E-state index in [-0.39, 0.29) is 0 Å². The number of benzene rings is 1. The number of hydrogen-bond donors (Lipinski definition) is 0. The molecule has 1 aliphatic carbocycles. The Morgan fingerprint density at radius 1 is 1.15 bits per heavy atom. The molecule has 0 atom stereocenters. The molecule has 0 unspecified atom stereocenters. The Kier molecular flexibility index (Phi) is 2.44. The Bertz CT molecular complexity index is 318. The summed E-state index contributed by atoms with van der Waals surface area (Å²) in [4.78, 5) is 4.64. The van der Waals surface area contributed by atoms with Crippen LogP contribution in [0.2, 0.25) is 0 Å². The fraction of sp³-hybridized carbons (Fsp3) is 0.417. The van der Waals surface area contributed by atoms with Gasteiger partial charge in [0.15, 0.2) is 0 Å².